The van der Waals surface area contributed by atoms with Crippen LogP contribution in [0.25, 0.3) is 0 Å². The van der Waals surface area contributed by atoms with Crippen LogP contribution in [-0.4, -0.2) is 30.8 Å². The molecule has 1 atom stereocenters. The minimum Gasteiger partial charge on any atom is -0.465 e. The smallest absolute Gasteiger partial charge is 0.338 e. The van der Waals surface area contributed by atoms with Gasteiger partial charge in [0, 0.05) is 5.70 Å². The van der Waals surface area contributed by atoms with Gasteiger partial charge in [-0.3, -0.25) is 0 Å². The summed E-state index contributed by atoms with van der Waals surface area (Å²) in [4.78, 5) is 24.1. The molecule has 2 N–H and O–H groups in total. The van der Waals surface area contributed by atoms with Crippen molar-refractivity contribution < 1.29 is 19.1 Å². The van der Waals surface area contributed by atoms with Crippen LogP contribution in [-0.2, 0) is 14.3 Å². The highest BCUT2D eigenvalue weighted by Gasteiger charge is 2.31. The number of hydrogen-bond acceptors (Lipinski definition) is 5. The Morgan fingerprint density at radius 2 is 1.84 bits per heavy atom. The van der Waals surface area contributed by atoms with E-state index in [1.54, 1.807) is 31.2 Å². The maximum absolute atomic E-state index is 12.5. The van der Waals surface area contributed by atoms with Crippen LogP contribution in [0.4, 0.5) is 0 Å². The maximum Gasteiger partial charge on any atom is 0.338 e. The highest BCUT2D eigenvalue weighted by atomic mass is 32.1. The van der Waals surface area contributed by atoms with E-state index in [9.17, 15) is 9.59 Å². The molecule has 0 saturated heterocycles. The molecule has 1 unspecified atom stereocenters. The highest BCUT2D eigenvalue weighted by molar-refractivity contribution is 7.80. The summed E-state index contributed by atoms with van der Waals surface area (Å²) in [6.45, 7) is 6.08. The van der Waals surface area contributed by atoms with Gasteiger partial charge in [0.05, 0.1) is 30.9 Å². The van der Waals surface area contributed by atoms with Crippen LogP contribution in [0.5, 0.6) is 0 Å². The Labute approximate surface area is 152 Å². The third-order valence-electron chi connectivity index (χ3n) is 3.70. The Morgan fingerprint density at radius 1 is 1.20 bits per heavy atom. The summed E-state index contributed by atoms with van der Waals surface area (Å²) in [6.07, 6.45) is 0. The van der Waals surface area contributed by atoms with Gasteiger partial charge >= 0.3 is 11.9 Å². The number of allylic oxidation sites excluding steroid dienone is 1. The molecule has 1 heterocycles. The molecule has 6 nitrogen and oxygen atoms in total. The van der Waals surface area contributed by atoms with Crippen LogP contribution in [0.15, 0.2) is 35.5 Å². The second-order valence-electron chi connectivity index (χ2n) is 6.18. The minimum absolute atomic E-state index is 0.244. The third-order valence-corrected chi connectivity index (χ3v) is 3.92. The molecule has 2 rings (SSSR count). The summed E-state index contributed by atoms with van der Waals surface area (Å²) in [5, 5.41) is 6.48. The van der Waals surface area contributed by atoms with Crippen molar-refractivity contribution in [1.82, 2.24) is 10.6 Å². The average Bonchev–Trinajstić information content (AvgIpc) is 2.58. The Bertz CT molecular complexity index is 710. The molecular formula is C18H22N2O4S. The van der Waals surface area contributed by atoms with Crippen LogP contribution in [0.1, 0.15) is 42.7 Å². The zero-order valence-electron chi connectivity index (χ0n) is 14.7. The number of esters is 2. The standard InChI is InChI=1S/C18H22N2O4S/c1-10(2)9-24-17(22)14-11(3)19-18(25)20-15(14)12-5-7-13(8-6-12)16(21)23-4/h5-8,10,15H,9H2,1-4H3,(H2,19,20,25). The maximum atomic E-state index is 12.5. The molecule has 0 aromatic heterocycles. The lowest BCUT2D eigenvalue weighted by Crippen LogP contribution is -2.45. The first-order valence-electron chi connectivity index (χ1n) is 7.97. The number of thiocarbonyl (C=S) groups is 1. The van der Waals surface area contributed by atoms with Crippen molar-refractivity contribution in [2.75, 3.05) is 13.7 Å². The van der Waals surface area contributed by atoms with E-state index in [4.69, 9.17) is 21.7 Å². The van der Waals surface area contributed by atoms with Crippen LogP contribution in [0, 0.1) is 5.92 Å². The Kier molecular flexibility index (Phi) is 6.14. The summed E-state index contributed by atoms with van der Waals surface area (Å²) in [6, 6.07) is 6.39. The first-order valence-corrected chi connectivity index (χ1v) is 8.38. The molecule has 25 heavy (non-hydrogen) atoms. The fourth-order valence-electron chi connectivity index (χ4n) is 2.46. The van der Waals surface area contributed by atoms with Crippen LogP contribution >= 0.6 is 12.2 Å². The van der Waals surface area contributed by atoms with E-state index < -0.39 is 18.0 Å². The van der Waals surface area contributed by atoms with Crippen LogP contribution in [0.3, 0.4) is 0 Å². The number of methoxy groups -OCH3 is 1. The van der Waals surface area contributed by atoms with Gasteiger partial charge < -0.3 is 20.1 Å². The van der Waals surface area contributed by atoms with Crippen molar-refractivity contribution >= 4 is 29.3 Å². The van der Waals surface area contributed by atoms with Crippen molar-refractivity contribution in [3.8, 4) is 0 Å². The van der Waals surface area contributed by atoms with Gasteiger partial charge in [0.15, 0.2) is 5.11 Å². The Balaban J connectivity index is 2.32. The van der Waals surface area contributed by atoms with Crippen molar-refractivity contribution in [2.24, 2.45) is 5.92 Å². The molecule has 1 aliphatic rings. The van der Waals surface area contributed by atoms with Gasteiger partial charge in [-0.2, -0.15) is 0 Å². The van der Waals surface area contributed by atoms with E-state index >= 15 is 0 Å². The second kappa shape index (κ2) is 8.11. The SMILES string of the molecule is COC(=O)c1ccc(C2NC(=S)NC(C)=C2C(=O)OCC(C)C)cc1. The third kappa shape index (κ3) is 4.57. The molecule has 1 aromatic carbocycles. The predicted molar refractivity (Wildman–Crippen MR) is 97.9 cm³/mol. The van der Waals surface area contributed by atoms with Gasteiger partial charge in [-0.1, -0.05) is 26.0 Å². The molecule has 7 heteroatoms. The van der Waals surface area contributed by atoms with Crippen LogP contribution in [0.2, 0.25) is 0 Å². The quantitative estimate of drug-likeness (QED) is 0.615. The fraction of sp³-hybridized carbons (Fsp3) is 0.389. The number of nitrogens with one attached hydrogen (secondary N) is 2. The lowest BCUT2D eigenvalue weighted by Gasteiger charge is -2.30. The summed E-state index contributed by atoms with van der Waals surface area (Å²) < 4.78 is 10.1. The lowest BCUT2D eigenvalue weighted by atomic mass is 9.95. The van der Waals surface area contributed by atoms with E-state index in [2.05, 4.69) is 10.6 Å². The number of rotatable bonds is 5. The van der Waals surface area contributed by atoms with E-state index in [1.165, 1.54) is 7.11 Å². The number of carbonyl (C=O) groups excluding carboxylic acids is 2. The van der Waals surface area contributed by atoms with Gasteiger partial charge in [0.25, 0.3) is 0 Å². The molecule has 0 saturated carbocycles. The summed E-state index contributed by atoms with van der Waals surface area (Å²) in [7, 11) is 1.33. The molecule has 0 radical (unpaired) electrons. The zero-order chi connectivity index (χ0) is 18.6. The molecule has 1 aliphatic heterocycles. The number of hydrogen-bond donors (Lipinski definition) is 2. The van der Waals surface area contributed by atoms with E-state index in [1.807, 2.05) is 13.8 Å². The number of carbonyl (C=O) groups is 2. The van der Waals surface area contributed by atoms with Gasteiger partial charge in [-0.25, -0.2) is 9.59 Å². The van der Waals surface area contributed by atoms with Crippen molar-refractivity contribution in [3.63, 3.8) is 0 Å². The lowest BCUT2D eigenvalue weighted by molar-refractivity contribution is -0.140. The first kappa shape index (κ1) is 18.9. The zero-order valence-corrected chi connectivity index (χ0v) is 15.5. The molecular weight excluding hydrogens is 340 g/mol. The molecule has 0 bridgehead atoms. The summed E-state index contributed by atoms with van der Waals surface area (Å²) in [5.74, 6) is -0.562. The predicted octanol–water partition coefficient (Wildman–Crippen LogP) is 2.47. The molecule has 0 fully saturated rings. The molecule has 0 spiro atoms. The van der Waals surface area contributed by atoms with Gasteiger partial charge in [0.2, 0.25) is 0 Å². The van der Waals surface area contributed by atoms with Crippen molar-refractivity contribution in [2.45, 2.75) is 26.8 Å². The van der Waals surface area contributed by atoms with Crippen molar-refractivity contribution in [1.29, 1.82) is 0 Å². The Morgan fingerprint density at radius 3 is 2.40 bits per heavy atom. The van der Waals surface area contributed by atoms with Gasteiger partial charge in [-0.05, 0) is 42.8 Å². The average molecular weight is 362 g/mol. The molecule has 0 amide bonds. The normalized spacial score (nSPS) is 17.0. The topological polar surface area (TPSA) is 76.7 Å². The van der Waals surface area contributed by atoms with E-state index in [0.717, 1.165) is 5.56 Å². The molecule has 0 aliphatic carbocycles. The summed E-state index contributed by atoms with van der Waals surface area (Å²) in [5.41, 5.74) is 2.36. The second-order valence-corrected chi connectivity index (χ2v) is 6.58. The highest BCUT2D eigenvalue weighted by Crippen LogP contribution is 2.28. The molecule has 1 aromatic rings. The molecule has 134 valence electrons. The monoisotopic (exact) mass is 362 g/mol. The fourth-order valence-corrected chi connectivity index (χ4v) is 2.73. The van der Waals surface area contributed by atoms with E-state index in [-0.39, 0.29) is 5.92 Å². The van der Waals surface area contributed by atoms with E-state index in [0.29, 0.717) is 28.6 Å². The van der Waals surface area contributed by atoms with Gasteiger partial charge in [-0.15, -0.1) is 0 Å². The number of ether oxygens (including phenoxy) is 2. The number of benzene rings is 1. The first-order chi connectivity index (χ1) is 11.8. The van der Waals surface area contributed by atoms with Crippen molar-refractivity contribution in [3.05, 3.63) is 46.7 Å². The Hall–Kier alpha value is -2.41. The largest absolute Gasteiger partial charge is 0.465 e. The minimum atomic E-state index is -0.444. The van der Waals surface area contributed by atoms with Gasteiger partial charge in [0.1, 0.15) is 0 Å². The summed E-state index contributed by atoms with van der Waals surface area (Å²) >= 11 is 5.21. The van der Waals surface area contributed by atoms with Crippen LogP contribution < -0.4 is 10.6 Å².